The van der Waals surface area contributed by atoms with Crippen molar-refractivity contribution in [2.24, 2.45) is 0 Å². The zero-order valence-electron chi connectivity index (χ0n) is 15.5. The summed E-state index contributed by atoms with van der Waals surface area (Å²) >= 11 is 0. The molecule has 0 spiro atoms. The van der Waals surface area contributed by atoms with Crippen molar-refractivity contribution >= 4 is 16.0 Å². The summed E-state index contributed by atoms with van der Waals surface area (Å²) in [6.07, 6.45) is 0. The summed E-state index contributed by atoms with van der Waals surface area (Å²) in [5, 5.41) is 0. The van der Waals surface area contributed by atoms with Crippen molar-refractivity contribution in [1.82, 2.24) is 4.72 Å². The first-order chi connectivity index (χ1) is 12.8. The lowest BCUT2D eigenvalue weighted by Crippen LogP contribution is -2.39. The summed E-state index contributed by atoms with van der Waals surface area (Å²) in [5.41, 5.74) is 0.943. The van der Waals surface area contributed by atoms with Gasteiger partial charge in [-0.25, -0.2) is 8.42 Å². The molecule has 0 aromatic heterocycles. The van der Waals surface area contributed by atoms with Gasteiger partial charge < -0.3 is 14.2 Å². The maximum atomic E-state index is 12.3. The predicted molar refractivity (Wildman–Crippen MR) is 100 cm³/mol. The third kappa shape index (κ3) is 6.26. The largest absolute Gasteiger partial charge is 0.497 e. The van der Waals surface area contributed by atoms with E-state index in [1.54, 1.807) is 43.5 Å². The highest BCUT2D eigenvalue weighted by Crippen LogP contribution is 2.16. The van der Waals surface area contributed by atoms with Crippen LogP contribution in [-0.4, -0.2) is 40.8 Å². The van der Waals surface area contributed by atoms with E-state index in [0.717, 1.165) is 5.56 Å². The summed E-state index contributed by atoms with van der Waals surface area (Å²) in [5.74, 6) is 0.646. The zero-order chi connectivity index (χ0) is 19.9. The highest BCUT2D eigenvalue weighted by atomic mass is 32.2. The van der Waals surface area contributed by atoms with E-state index in [-0.39, 0.29) is 18.1 Å². The van der Waals surface area contributed by atoms with Crippen LogP contribution in [-0.2, 0) is 19.6 Å². The number of methoxy groups -OCH3 is 1. The van der Waals surface area contributed by atoms with Crippen LogP contribution in [0.15, 0.2) is 53.4 Å². The molecule has 7 nitrogen and oxygen atoms in total. The summed E-state index contributed by atoms with van der Waals surface area (Å²) in [7, 11) is -2.22. The highest BCUT2D eigenvalue weighted by Gasteiger charge is 2.23. The fourth-order valence-electron chi connectivity index (χ4n) is 2.17. The number of esters is 1. The molecule has 0 radical (unpaired) electrons. The molecule has 2 rings (SSSR count). The molecular formula is C19H23NO6S. The number of sulfonamides is 1. The quantitative estimate of drug-likeness (QED) is 0.519. The maximum Gasteiger partial charge on any atom is 0.324 e. The number of aryl methyl sites for hydroxylation is 1. The van der Waals surface area contributed by atoms with E-state index in [1.807, 2.05) is 6.92 Å². The number of ether oxygens (including phenoxy) is 3. The van der Waals surface area contributed by atoms with Gasteiger partial charge in [0.2, 0.25) is 10.0 Å². The van der Waals surface area contributed by atoms with E-state index in [4.69, 9.17) is 14.2 Å². The number of nitrogens with one attached hydrogen (secondary N) is 1. The number of hydrogen-bond donors (Lipinski definition) is 1. The molecule has 146 valence electrons. The molecule has 0 amide bonds. The van der Waals surface area contributed by atoms with Crippen LogP contribution in [0.1, 0.15) is 12.5 Å². The molecule has 0 saturated carbocycles. The fourth-order valence-corrected chi connectivity index (χ4v) is 3.36. The van der Waals surface area contributed by atoms with Crippen LogP contribution in [0.4, 0.5) is 0 Å². The number of rotatable bonds is 9. The Hall–Kier alpha value is -2.58. The second kappa shape index (κ2) is 9.38. The van der Waals surface area contributed by atoms with Crippen LogP contribution in [0.5, 0.6) is 11.5 Å². The van der Waals surface area contributed by atoms with Crippen LogP contribution in [0.25, 0.3) is 0 Å². The van der Waals surface area contributed by atoms with E-state index in [0.29, 0.717) is 11.5 Å². The lowest BCUT2D eigenvalue weighted by molar-refractivity contribution is -0.145. The number of hydrogen-bond acceptors (Lipinski definition) is 6. The van der Waals surface area contributed by atoms with Gasteiger partial charge in [-0.1, -0.05) is 17.7 Å². The van der Waals surface area contributed by atoms with Crippen molar-refractivity contribution in [1.29, 1.82) is 0 Å². The van der Waals surface area contributed by atoms with Gasteiger partial charge in [0.05, 0.1) is 12.0 Å². The Kier molecular flexibility index (Phi) is 7.20. The molecule has 0 aliphatic heterocycles. The van der Waals surface area contributed by atoms with Gasteiger partial charge in [0.15, 0.2) is 0 Å². The Balaban J connectivity index is 1.78. The summed E-state index contributed by atoms with van der Waals surface area (Å²) < 4.78 is 42.4. The average Bonchev–Trinajstić information content (AvgIpc) is 2.65. The van der Waals surface area contributed by atoms with Crippen molar-refractivity contribution in [3.8, 4) is 11.5 Å². The normalized spacial score (nSPS) is 12.3. The number of benzene rings is 2. The van der Waals surface area contributed by atoms with E-state index in [9.17, 15) is 13.2 Å². The lowest BCUT2D eigenvalue weighted by Gasteiger charge is -2.14. The molecule has 2 aromatic carbocycles. The molecule has 2 aromatic rings. The zero-order valence-corrected chi connectivity index (χ0v) is 16.3. The van der Waals surface area contributed by atoms with Gasteiger partial charge in [-0.2, -0.15) is 4.72 Å². The molecule has 1 atom stereocenters. The van der Waals surface area contributed by atoms with Gasteiger partial charge in [0.1, 0.15) is 30.8 Å². The molecule has 0 unspecified atom stereocenters. The van der Waals surface area contributed by atoms with Crippen molar-refractivity contribution in [2.75, 3.05) is 20.3 Å². The lowest BCUT2D eigenvalue weighted by atomic mass is 10.2. The van der Waals surface area contributed by atoms with Gasteiger partial charge in [0, 0.05) is 0 Å². The first-order valence-electron chi connectivity index (χ1n) is 8.34. The second-order valence-electron chi connectivity index (χ2n) is 5.85. The van der Waals surface area contributed by atoms with Gasteiger partial charge in [-0.3, -0.25) is 4.79 Å². The third-order valence-electron chi connectivity index (χ3n) is 3.67. The van der Waals surface area contributed by atoms with Crippen LogP contribution in [0.3, 0.4) is 0 Å². The van der Waals surface area contributed by atoms with Crippen LogP contribution < -0.4 is 14.2 Å². The van der Waals surface area contributed by atoms with Gasteiger partial charge >= 0.3 is 5.97 Å². The molecule has 1 N–H and O–H groups in total. The van der Waals surface area contributed by atoms with Gasteiger partial charge in [-0.15, -0.1) is 0 Å². The van der Waals surface area contributed by atoms with Crippen molar-refractivity contribution in [2.45, 2.75) is 24.8 Å². The molecule has 0 aliphatic rings. The minimum Gasteiger partial charge on any atom is -0.497 e. The molecule has 27 heavy (non-hydrogen) atoms. The molecule has 0 heterocycles. The standard InChI is InChI=1S/C19H23NO6S/c1-14-4-10-18(11-5-14)27(22,23)20-15(2)19(21)26-13-12-25-17-8-6-16(24-3)7-9-17/h4-11,15,20H,12-13H2,1-3H3/t15-/m0/s1. The SMILES string of the molecule is COc1ccc(OCCOC(=O)[C@H](C)NS(=O)(=O)c2ccc(C)cc2)cc1. The van der Waals surface area contributed by atoms with E-state index in [2.05, 4.69) is 4.72 Å². The average molecular weight is 393 g/mol. The topological polar surface area (TPSA) is 90.9 Å². The van der Waals surface area contributed by atoms with E-state index in [1.165, 1.54) is 19.1 Å². The second-order valence-corrected chi connectivity index (χ2v) is 7.56. The van der Waals surface area contributed by atoms with Gasteiger partial charge in [0.25, 0.3) is 0 Å². The molecular weight excluding hydrogens is 370 g/mol. The minimum atomic E-state index is -3.80. The number of carbonyl (C=O) groups excluding carboxylic acids is 1. The first-order valence-corrected chi connectivity index (χ1v) is 9.82. The molecule has 0 aliphatic carbocycles. The monoisotopic (exact) mass is 393 g/mol. The Morgan fingerprint density at radius 3 is 2.19 bits per heavy atom. The van der Waals surface area contributed by atoms with E-state index < -0.39 is 22.0 Å². The summed E-state index contributed by atoms with van der Waals surface area (Å²) in [4.78, 5) is 12.1. The molecule has 0 bridgehead atoms. The molecule has 8 heteroatoms. The predicted octanol–water partition coefficient (Wildman–Crippen LogP) is 2.29. The maximum absolute atomic E-state index is 12.3. The first kappa shape index (κ1) is 20.7. The van der Waals surface area contributed by atoms with Crippen molar-refractivity contribution in [3.63, 3.8) is 0 Å². The Morgan fingerprint density at radius 1 is 1.00 bits per heavy atom. The summed E-state index contributed by atoms with van der Waals surface area (Å²) in [6.45, 7) is 3.44. The van der Waals surface area contributed by atoms with Crippen molar-refractivity contribution < 1.29 is 27.4 Å². The fraction of sp³-hybridized carbons (Fsp3) is 0.316. The van der Waals surface area contributed by atoms with Gasteiger partial charge in [-0.05, 0) is 50.2 Å². The minimum absolute atomic E-state index is 0.00145. The smallest absolute Gasteiger partial charge is 0.324 e. The Bertz CT molecular complexity index is 847. The molecule has 0 saturated heterocycles. The van der Waals surface area contributed by atoms with Crippen LogP contribution in [0.2, 0.25) is 0 Å². The van der Waals surface area contributed by atoms with Crippen molar-refractivity contribution in [3.05, 3.63) is 54.1 Å². The highest BCUT2D eigenvalue weighted by molar-refractivity contribution is 7.89. The third-order valence-corrected chi connectivity index (χ3v) is 5.23. The summed E-state index contributed by atoms with van der Waals surface area (Å²) in [6, 6.07) is 12.3. The Morgan fingerprint density at radius 2 is 1.59 bits per heavy atom. The molecule has 0 fully saturated rings. The number of carbonyl (C=O) groups is 1. The van der Waals surface area contributed by atoms with E-state index >= 15 is 0 Å². The van der Waals surface area contributed by atoms with Crippen LogP contribution >= 0.6 is 0 Å². The Labute approximate surface area is 159 Å². The van der Waals surface area contributed by atoms with Crippen LogP contribution in [0, 0.1) is 6.92 Å².